The predicted octanol–water partition coefficient (Wildman–Crippen LogP) is 3.76. The fourth-order valence-electron chi connectivity index (χ4n) is 1.77. The molecule has 0 saturated carbocycles. The summed E-state index contributed by atoms with van der Waals surface area (Å²) in [5.41, 5.74) is 1.38. The minimum absolute atomic E-state index is 0.695. The monoisotopic (exact) mass is 239 g/mol. The van der Waals surface area contributed by atoms with Gasteiger partial charge in [-0.25, -0.2) is 0 Å². The van der Waals surface area contributed by atoms with Gasteiger partial charge in [-0.3, -0.25) is 0 Å². The summed E-state index contributed by atoms with van der Waals surface area (Å²) in [6, 6.07) is 8.19. The molecule has 1 nitrogen and oxygen atoms in total. The molecular weight excluding hydrogens is 218 g/mol. The van der Waals surface area contributed by atoms with Crippen LogP contribution in [0.5, 0.6) is 0 Å². The molecule has 1 N–H and O–H groups in total. The van der Waals surface area contributed by atoms with Crippen molar-refractivity contribution in [2.24, 2.45) is 11.8 Å². The summed E-state index contributed by atoms with van der Waals surface area (Å²) in [5.74, 6) is 1.40. The van der Waals surface area contributed by atoms with Crippen LogP contribution in [-0.4, -0.2) is 13.1 Å². The standard InChI is InChI=1S/C14H22ClN/c1-4-16-10-12(3)11(2)9-13-5-7-14(15)8-6-13/h5-8,11-12,16H,4,9-10H2,1-3H3. The topological polar surface area (TPSA) is 12.0 Å². The fraction of sp³-hybridized carbons (Fsp3) is 0.571. The second kappa shape index (κ2) is 6.93. The average molecular weight is 240 g/mol. The van der Waals surface area contributed by atoms with E-state index in [0.717, 1.165) is 24.5 Å². The van der Waals surface area contributed by atoms with E-state index in [1.807, 2.05) is 12.1 Å². The predicted molar refractivity (Wildman–Crippen MR) is 72.0 cm³/mol. The first-order valence-electron chi connectivity index (χ1n) is 6.08. The highest BCUT2D eigenvalue weighted by atomic mass is 35.5. The van der Waals surface area contributed by atoms with Crippen LogP contribution < -0.4 is 5.32 Å². The van der Waals surface area contributed by atoms with E-state index in [1.165, 1.54) is 5.56 Å². The molecule has 0 spiro atoms. The summed E-state index contributed by atoms with van der Waals surface area (Å²) in [6.45, 7) is 8.93. The van der Waals surface area contributed by atoms with Crippen molar-refractivity contribution in [3.8, 4) is 0 Å². The van der Waals surface area contributed by atoms with Crippen molar-refractivity contribution < 1.29 is 0 Å². The molecule has 0 radical (unpaired) electrons. The molecule has 0 bridgehead atoms. The van der Waals surface area contributed by atoms with Gasteiger partial charge in [-0.2, -0.15) is 0 Å². The number of nitrogens with one attached hydrogen (secondary N) is 1. The largest absolute Gasteiger partial charge is 0.317 e. The maximum Gasteiger partial charge on any atom is 0.0406 e. The van der Waals surface area contributed by atoms with E-state index in [0.29, 0.717) is 11.8 Å². The van der Waals surface area contributed by atoms with Crippen LogP contribution in [0.3, 0.4) is 0 Å². The Balaban J connectivity index is 2.43. The van der Waals surface area contributed by atoms with Crippen LogP contribution in [0.15, 0.2) is 24.3 Å². The van der Waals surface area contributed by atoms with E-state index in [9.17, 15) is 0 Å². The minimum atomic E-state index is 0.695. The van der Waals surface area contributed by atoms with E-state index in [2.05, 4.69) is 38.2 Å². The third-order valence-corrected chi connectivity index (χ3v) is 3.41. The van der Waals surface area contributed by atoms with Gasteiger partial charge in [0.05, 0.1) is 0 Å². The van der Waals surface area contributed by atoms with E-state index < -0.39 is 0 Å². The van der Waals surface area contributed by atoms with Gasteiger partial charge in [0.15, 0.2) is 0 Å². The summed E-state index contributed by atoms with van der Waals surface area (Å²) in [5, 5.41) is 4.22. The molecule has 2 unspecified atom stereocenters. The van der Waals surface area contributed by atoms with Gasteiger partial charge in [0.25, 0.3) is 0 Å². The number of benzene rings is 1. The summed E-state index contributed by atoms with van der Waals surface area (Å²) < 4.78 is 0. The highest BCUT2D eigenvalue weighted by Crippen LogP contribution is 2.18. The maximum atomic E-state index is 5.87. The molecule has 0 saturated heterocycles. The maximum absolute atomic E-state index is 5.87. The lowest BCUT2D eigenvalue weighted by atomic mass is 9.89. The molecule has 90 valence electrons. The van der Waals surface area contributed by atoms with Crippen LogP contribution in [0.4, 0.5) is 0 Å². The first-order valence-corrected chi connectivity index (χ1v) is 6.46. The normalized spacial score (nSPS) is 14.8. The Bertz CT molecular complexity index is 294. The zero-order chi connectivity index (χ0) is 12.0. The lowest BCUT2D eigenvalue weighted by molar-refractivity contribution is 0.368. The van der Waals surface area contributed by atoms with Crippen molar-refractivity contribution in [1.29, 1.82) is 0 Å². The second-order valence-electron chi connectivity index (χ2n) is 4.59. The molecule has 16 heavy (non-hydrogen) atoms. The third kappa shape index (κ3) is 4.54. The Morgan fingerprint density at radius 2 is 1.75 bits per heavy atom. The summed E-state index contributed by atoms with van der Waals surface area (Å²) >= 11 is 5.87. The molecular formula is C14H22ClN. The third-order valence-electron chi connectivity index (χ3n) is 3.16. The number of hydrogen-bond donors (Lipinski definition) is 1. The second-order valence-corrected chi connectivity index (χ2v) is 5.03. The van der Waals surface area contributed by atoms with Crippen LogP contribution in [0.2, 0.25) is 5.02 Å². The zero-order valence-electron chi connectivity index (χ0n) is 10.5. The van der Waals surface area contributed by atoms with Gasteiger partial charge < -0.3 is 5.32 Å². The van der Waals surface area contributed by atoms with Crippen LogP contribution in [0.25, 0.3) is 0 Å². The van der Waals surface area contributed by atoms with Crippen molar-refractivity contribution in [2.75, 3.05) is 13.1 Å². The van der Waals surface area contributed by atoms with Gasteiger partial charge in [-0.05, 0) is 49.0 Å². The van der Waals surface area contributed by atoms with Gasteiger partial charge in [0, 0.05) is 5.02 Å². The number of hydrogen-bond acceptors (Lipinski definition) is 1. The number of rotatable bonds is 6. The van der Waals surface area contributed by atoms with Gasteiger partial charge in [0.1, 0.15) is 0 Å². The molecule has 2 heteroatoms. The fourth-order valence-corrected chi connectivity index (χ4v) is 1.89. The Labute approximate surface area is 104 Å². The Morgan fingerprint density at radius 3 is 2.31 bits per heavy atom. The summed E-state index contributed by atoms with van der Waals surface area (Å²) in [7, 11) is 0. The summed E-state index contributed by atoms with van der Waals surface area (Å²) in [6.07, 6.45) is 1.13. The smallest absolute Gasteiger partial charge is 0.0406 e. The van der Waals surface area contributed by atoms with Crippen LogP contribution >= 0.6 is 11.6 Å². The average Bonchev–Trinajstić information content (AvgIpc) is 2.29. The molecule has 1 aromatic rings. The van der Waals surface area contributed by atoms with Crippen molar-refractivity contribution in [2.45, 2.75) is 27.2 Å². The molecule has 0 aliphatic heterocycles. The minimum Gasteiger partial charge on any atom is -0.317 e. The Morgan fingerprint density at radius 1 is 1.12 bits per heavy atom. The molecule has 1 rings (SSSR count). The van der Waals surface area contributed by atoms with Gasteiger partial charge in [0.2, 0.25) is 0 Å². The van der Waals surface area contributed by atoms with Gasteiger partial charge in [-0.15, -0.1) is 0 Å². The molecule has 0 aliphatic rings. The lowest BCUT2D eigenvalue weighted by Crippen LogP contribution is -2.25. The number of halogens is 1. The van der Waals surface area contributed by atoms with Gasteiger partial charge in [-0.1, -0.05) is 44.5 Å². The van der Waals surface area contributed by atoms with Crippen LogP contribution in [0, 0.1) is 11.8 Å². The van der Waals surface area contributed by atoms with Crippen molar-refractivity contribution in [3.63, 3.8) is 0 Å². The van der Waals surface area contributed by atoms with E-state index in [-0.39, 0.29) is 0 Å². The molecule has 2 atom stereocenters. The Hall–Kier alpha value is -0.530. The Kier molecular flexibility index (Phi) is 5.86. The highest BCUT2D eigenvalue weighted by molar-refractivity contribution is 6.30. The van der Waals surface area contributed by atoms with Crippen molar-refractivity contribution >= 4 is 11.6 Å². The molecule has 0 aliphatic carbocycles. The van der Waals surface area contributed by atoms with E-state index in [1.54, 1.807) is 0 Å². The first kappa shape index (κ1) is 13.5. The molecule has 0 aromatic heterocycles. The van der Waals surface area contributed by atoms with Gasteiger partial charge >= 0.3 is 0 Å². The molecule has 0 amide bonds. The lowest BCUT2D eigenvalue weighted by Gasteiger charge is -2.20. The van der Waals surface area contributed by atoms with Crippen molar-refractivity contribution in [1.82, 2.24) is 5.32 Å². The first-order chi connectivity index (χ1) is 7.63. The quantitative estimate of drug-likeness (QED) is 0.797. The molecule has 1 aromatic carbocycles. The van der Waals surface area contributed by atoms with E-state index in [4.69, 9.17) is 11.6 Å². The highest BCUT2D eigenvalue weighted by Gasteiger charge is 2.12. The SMILES string of the molecule is CCNCC(C)C(C)Cc1ccc(Cl)cc1. The van der Waals surface area contributed by atoms with Crippen LogP contribution in [-0.2, 0) is 6.42 Å². The van der Waals surface area contributed by atoms with Crippen LogP contribution in [0.1, 0.15) is 26.3 Å². The van der Waals surface area contributed by atoms with E-state index >= 15 is 0 Å². The molecule has 0 heterocycles. The molecule has 0 fully saturated rings. The van der Waals surface area contributed by atoms with Crippen molar-refractivity contribution in [3.05, 3.63) is 34.9 Å². The summed E-state index contributed by atoms with van der Waals surface area (Å²) in [4.78, 5) is 0. The zero-order valence-corrected chi connectivity index (χ0v) is 11.2.